The molecular weight excluding hydrogens is 428 g/mol. The van der Waals surface area contributed by atoms with Gasteiger partial charge in [0.2, 0.25) is 0 Å². The number of rotatable bonds is 12. The lowest BCUT2D eigenvalue weighted by Crippen LogP contribution is -2.47. The molecule has 184 valence electrons. The first-order chi connectivity index (χ1) is 16.1. The van der Waals surface area contributed by atoms with E-state index in [1.165, 1.54) is 11.1 Å². The predicted octanol–water partition coefficient (Wildman–Crippen LogP) is 3.76. The molecule has 3 N–H and O–H groups in total. The number of aliphatic carboxylic acids is 1. The number of benzene rings is 2. The Morgan fingerprint density at radius 3 is 2.53 bits per heavy atom. The largest absolute Gasteiger partial charge is 0.496 e. The molecule has 0 radical (unpaired) electrons. The number of aliphatic hydroxyl groups excluding tert-OH is 1. The Bertz CT molecular complexity index is 977. The smallest absolute Gasteiger partial charge is 0.328 e. The van der Waals surface area contributed by atoms with Crippen molar-refractivity contribution in [3.8, 4) is 5.75 Å². The maximum atomic E-state index is 10.8. The van der Waals surface area contributed by atoms with Crippen LogP contribution in [0.5, 0.6) is 5.75 Å². The summed E-state index contributed by atoms with van der Waals surface area (Å²) >= 11 is 0. The SMILES string of the molecule is COc1ccc(/C=C/C(=O)O)cc1CN(C)C[C@H](O)CNC(C)(C)CC1Cc2ccccc2C1. The summed E-state index contributed by atoms with van der Waals surface area (Å²) in [5.74, 6) is 0.394. The molecule has 0 fully saturated rings. The average molecular weight is 467 g/mol. The van der Waals surface area contributed by atoms with E-state index in [9.17, 15) is 9.90 Å². The highest BCUT2D eigenvalue weighted by Crippen LogP contribution is 2.31. The molecule has 1 aliphatic carbocycles. The molecule has 1 atom stereocenters. The molecule has 1 aliphatic rings. The van der Waals surface area contributed by atoms with Gasteiger partial charge in [0.05, 0.1) is 13.2 Å². The van der Waals surface area contributed by atoms with Gasteiger partial charge in [0.1, 0.15) is 5.75 Å². The third-order valence-electron chi connectivity index (χ3n) is 6.44. The van der Waals surface area contributed by atoms with E-state index in [2.05, 4.69) is 48.3 Å². The van der Waals surface area contributed by atoms with Gasteiger partial charge in [-0.1, -0.05) is 30.3 Å². The topological polar surface area (TPSA) is 82.0 Å². The number of hydrogen-bond acceptors (Lipinski definition) is 5. The second kappa shape index (κ2) is 11.6. The van der Waals surface area contributed by atoms with Crippen LogP contribution in [-0.4, -0.2) is 60.0 Å². The summed E-state index contributed by atoms with van der Waals surface area (Å²) in [6.07, 6.45) is 5.51. The Balaban J connectivity index is 1.48. The number of ether oxygens (including phenoxy) is 1. The number of carbonyl (C=O) groups is 1. The Hall–Kier alpha value is -2.67. The zero-order valence-corrected chi connectivity index (χ0v) is 20.8. The summed E-state index contributed by atoms with van der Waals surface area (Å²) < 4.78 is 5.47. The van der Waals surface area contributed by atoms with Crippen LogP contribution in [0.4, 0.5) is 0 Å². The standard InChI is InChI=1S/C28H38N2O4/c1-28(2,16-21-14-22-7-5-6-8-23(22)15-21)29-17-25(31)19-30(3)18-24-13-20(10-12-27(32)33)9-11-26(24)34-4/h5-13,21,25,29,31H,14-19H2,1-4H3,(H,32,33)/b12-10+/t25-/m1/s1. The third kappa shape index (κ3) is 7.69. The molecule has 0 bridgehead atoms. The fraction of sp³-hybridized carbons (Fsp3) is 0.464. The van der Waals surface area contributed by atoms with E-state index in [0.717, 1.165) is 42.2 Å². The molecular formula is C28H38N2O4. The lowest BCUT2D eigenvalue weighted by atomic mass is 9.88. The minimum Gasteiger partial charge on any atom is -0.496 e. The highest BCUT2D eigenvalue weighted by molar-refractivity contribution is 5.85. The second-order valence-electron chi connectivity index (χ2n) is 10.1. The summed E-state index contributed by atoms with van der Waals surface area (Å²) in [4.78, 5) is 12.9. The van der Waals surface area contributed by atoms with Crippen molar-refractivity contribution in [3.63, 3.8) is 0 Å². The second-order valence-corrected chi connectivity index (χ2v) is 10.1. The van der Waals surface area contributed by atoms with Crippen molar-refractivity contribution in [3.05, 3.63) is 70.8 Å². The van der Waals surface area contributed by atoms with Crippen molar-refractivity contribution in [1.82, 2.24) is 10.2 Å². The van der Waals surface area contributed by atoms with Crippen LogP contribution in [0.25, 0.3) is 6.08 Å². The molecule has 0 amide bonds. The molecule has 0 aliphatic heterocycles. The van der Waals surface area contributed by atoms with Gasteiger partial charge in [0.15, 0.2) is 0 Å². The zero-order chi connectivity index (χ0) is 24.7. The van der Waals surface area contributed by atoms with Crippen LogP contribution in [0.15, 0.2) is 48.5 Å². The van der Waals surface area contributed by atoms with E-state index in [1.54, 1.807) is 13.2 Å². The van der Waals surface area contributed by atoms with E-state index in [4.69, 9.17) is 9.84 Å². The maximum absolute atomic E-state index is 10.8. The number of carboxylic acid groups (broad SMARTS) is 1. The number of aliphatic hydroxyl groups is 1. The van der Waals surface area contributed by atoms with Gasteiger partial charge < -0.3 is 20.3 Å². The fourth-order valence-corrected chi connectivity index (χ4v) is 4.96. The molecule has 2 aromatic carbocycles. The molecule has 6 nitrogen and oxygen atoms in total. The normalized spacial score (nSPS) is 15.1. The van der Waals surface area contributed by atoms with E-state index >= 15 is 0 Å². The Morgan fingerprint density at radius 2 is 1.91 bits per heavy atom. The molecule has 0 unspecified atom stereocenters. The molecule has 3 rings (SSSR count). The van der Waals surface area contributed by atoms with Crippen molar-refractivity contribution in [2.45, 2.75) is 51.3 Å². The molecule has 2 aromatic rings. The van der Waals surface area contributed by atoms with Gasteiger partial charge in [-0.25, -0.2) is 4.79 Å². The van der Waals surface area contributed by atoms with E-state index in [0.29, 0.717) is 25.6 Å². The minimum atomic E-state index is -0.981. The van der Waals surface area contributed by atoms with Crippen molar-refractivity contribution in [2.75, 3.05) is 27.2 Å². The number of hydrogen-bond donors (Lipinski definition) is 3. The van der Waals surface area contributed by atoms with Crippen LogP contribution in [0.3, 0.4) is 0 Å². The Labute approximate surface area is 203 Å². The van der Waals surface area contributed by atoms with Gasteiger partial charge in [-0.2, -0.15) is 0 Å². The van der Waals surface area contributed by atoms with Gasteiger partial charge in [0, 0.05) is 36.8 Å². The summed E-state index contributed by atoms with van der Waals surface area (Å²) in [6.45, 7) is 6.05. The number of nitrogens with one attached hydrogen (secondary N) is 1. The summed E-state index contributed by atoms with van der Waals surface area (Å²) in [6, 6.07) is 14.3. The number of carboxylic acids is 1. The molecule has 0 spiro atoms. The van der Waals surface area contributed by atoms with Crippen molar-refractivity contribution >= 4 is 12.0 Å². The molecule has 0 saturated carbocycles. The number of methoxy groups -OCH3 is 1. The van der Waals surface area contributed by atoms with Crippen LogP contribution in [0.2, 0.25) is 0 Å². The molecule has 0 heterocycles. The van der Waals surface area contributed by atoms with E-state index in [-0.39, 0.29) is 5.54 Å². The van der Waals surface area contributed by atoms with Gasteiger partial charge in [-0.05, 0) is 81.0 Å². The fourth-order valence-electron chi connectivity index (χ4n) is 4.96. The average Bonchev–Trinajstić information content (AvgIpc) is 3.18. The van der Waals surface area contributed by atoms with Crippen molar-refractivity contribution in [2.24, 2.45) is 5.92 Å². The summed E-state index contributed by atoms with van der Waals surface area (Å²) in [7, 11) is 3.58. The van der Waals surface area contributed by atoms with Crippen LogP contribution in [0.1, 0.15) is 42.5 Å². The van der Waals surface area contributed by atoms with Crippen LogP contribution < -0.4 is 10.1 Å². The quantitative estimate of drug-likeness (QED) is 0.413. The monoisotopic (exact) mass is 466 g/mol. The maximum Gasteiger partial charge on any atom is 0.328 e. The molecule has 34 heavy (non-hydrogen) atoms. The minimum absolute atomic E-state index is 0.0553. The van der Waals surface area contributed by atoms with Gasteiger partial charge in [0.25, 0.3) is 0 Å². The van der Waals surface area contributed by atoms with Crippen molar-refractivity contribution in [1.29, 1.82) is 0 Å². The van der Waals surface area contributed by atoms with E-state index < -0.39 is 12.1 Å². The summed E-state index contributed by atoms with van der Waals surface area (Å²) in [5.41, 5.74) is 4.63. The lowest BCUT2D eigenvalue weighted by Gasteiger charge is -2.31. The number of likely N-dealkylation sites (N-methyl/N-ethyl adjacent to an activating group) is 1. The molecule has 0 saturated heterocycles. The first-order valence-electron chi connectivity index (χ1n) is 11.9. The highest BCUT2D eigenvalue weighted by atomic mass is 16.5. The van der Waals surface area contributed by atoms with Gasteiger partial charge >= 0.3 is 5.97 Å². The number of nitrogens with zero attached hydrogens (tertiary/aromatic N) is 1. The van der Waals surface area contributed by atoms with Gasteiger partial charge in [-0.15, -0.1) is 0 Å². The van der Waals surface area contributed by atoms with Crippen LogP contribution in [0, 0.1) is 5.92 Å². The lowest BCUT2D eigenvalue weighted by molar-refractivity contribution is -0.131. The Kier molecular flexibility index (Phi) is 8.89. The summed E-state index contributed by atoms with van der Waals surface area (Å²) in [5, 5.41) is 23.1. The van der Waals surface area contributed by atoms with E-state index in [1.807, 2.05) is 25.2 Å². The molecule has 0 aromatic heterocycles. The highest BCUT2D eigenvalue weighted by Gasteiger charge is 2.28. The van der Waals surface area contributed by atoms with Gasteiger partial charge in [-0.3, -0.25) is 4.90 Å². The molecule has 6 heteroatoms. The number of fused-ring (bicyclic) bond motifs is 1. The van der Waals surface area contributed by atoms with Crippen LogP contribution >= 0.6 is 0 Å². The third-order valence-corrected chi connectivity index (χ3v) is 6.44. The Morgan fingerprint density at radius 1 is 1.24 bits per heavy atom. The zero-order valence-electron chi connectivity index (χ0n) is 20.8. The van der Waals surface area contributed by atoms with Crippen molar-refractivity contribution < 1.29 is 19.7 Å². The van der Waals surface area contributed by atoms with Crippen LogP contribution in [-0.2, 0) is 24.2 Å². The number of β-amino-alcohol motifs (C(OH)–C–C–N with tert-alkyl or cyclic N) is 1. The first kappa shape index (κ1) is 25.9. The predicted molar refractivity (Wildman–Crippen MR) is 136 cm³/mol. The first-order valence-corrected chi connectivity index (χ1v) is 11.9.